The molecule has 0 unspecified atom stereocenters. The molecular weight excluding hydrogens is 459 g/mol. The molecule has 0 aliphatic carbocycles. The number of alkyl halides is 2. The van der Waals surface area contributed by atoms with E-state index < -0.39 is 6.61 Å². The normalized spacial score (nSPS) is 11.8. The fraction of sp³-hybridized carbons (Fsp3) is 0.588. The molecule has 0 radical (unpaired) electrons. The van der Waals surface area contributed by atoms with E-state index in [0.29, 0.717) is 25.5 Å². The lowest BCUT2D eigenvalue weighted by atomic mass is 10.1. The third kappa shape index (κ3) is 8.84. The van der Waals surface area contributed by atoms with Crippen molar-refractivity contribution in [3.8, 4) is 11.5 Å². The number of guanidine groups is 1. The SMILES string of the molecule is CN=C(NCCc1ccc(OC)c(OC(F)F)c1)NCC(C)(C)OC.I. The van der Waals surface area contributed by atoms with Crippen molar-refractivity contribution in [2.45, 2.75) is 32.5 Å². The van der Waals surface area contributed by atoms with Crippen molar-refractivity contribution in [1.29, 1.82) is 0 Å². The quantitative estimate of drug-likeness (QED) is 0.319. The highest BCUT2D eigenvalue weighted by Crippen LogP contribution is 2.29. The Hall–Kier alpha value is -1.36. The van der Waals surface area contributed by atoms with Gasteiger partial charge in [0.05, 0.1) is 12.7 Å². The van der Waals surface area contributed by atoms with Gasteiger partial charge in [0.25, 0.3) is 0 Å². The topological polar surface area (TPSA) is 64.1 Å². The van der Waals surface area contributed by atoms with E-state index in [9.17, 15) is 8.78 Å². The average molecular weight is 487 g/mol. The Morgan fingerprint density at radius 1 is 1.19 bits per heavy atom. The largest absolute Gasteiger partial charge is 0.493 e. The number of rotatable bonds is 9. The molecule has 9 heteroatoms. The highest BCUT2D eigenvalue weighted by molar-refractivity contribution is 14.0. The molecule has 6 nitrogen and oxygen atoms in total. The Bertz CT molecular complexity index is 572. The maximum absolute atomic E-state index is 12.5. The van der Waals surface area contributed by atoms with Gasteiger partial charge in [0.1, 0.15) is 0 Å². The van der Waals surface area contributed by atoms with Gasteiger partial charge < -0.3 is 24.8 Å². The van der Waals surface area contributed by atoms with Crippen LogP contribution in [0.2, 0.25) is 0 Å². The number of nitrogens with one attached hydrogen (secondary N) is 2. The summed E-state index contributed by atoms with van der Waals surface area (Å²) >= 11 is 0. The third-order valence-corrected chi connectivity index (χ3v) is 3.61. The molecule has 1 aromatic carbocycles. The number of nitrogens with zero attached hydrogens (tertiary/aromatic N) is 1. The fourth-order valence-corrected chi connectivity index (χ4v) is 1.98. The molecule has 0 spiro atoms. The van der Waals surface area contributed by atoms with E-state index in [4.69, 9.17) is 9.47 Å². The number of aliphatic imine (C=N–C) groups is 1. The summed E-state index contributed by atoms with van der Waals surface area (Å²) in [6.45, 7) is 2.21. The number of benzene rings is 1. The lowest BCUT2D eigenvalue weighted by Gasteiger charge is -2.24. The van der Waals surface area contributed by atoms with Crippen molar-refractivity contribution in [3.63, 3.8) is 0 Å². The lowest BCUT2D eigenvalue weighted by Crippen LogP contribution is -2.45. The maximum Gasteiger partial charge on any atom is 0.387 e. The van der Waals surface area contributed by atoms with E-state index in [2.05, 4.69) is 20.4 Å². The Balaban J connectivity index is 0.00000625. The Kier molecular flexibility index (Phi) is 11.5. The molecule has 0 heterocycles. The predicted molar refractivity (Wildman–Crippen MR) is 109 cm³/mol. The predicted octanol–water partition coefficient (Wildman–Crippen LogP) is 3.05. The molecule has 0 saturated carbocycles. The summed E-state index contributed by atoms with van der Waals surface area (Å²) in [5, 5.41) is 6.34. The summed E-state index contributed by atoms with van der Waals surface area (Å²) in [5.41, 5.74) is 0.534. The van der Waals surface area contributed by atoms with Gasteiger partial charge >= 0.3 is 6.61 Å². The van der Waals surface area contributed by atoms with Gasteiger partial charge in [-0.15, -0.1) is 24.0 Å². The van der Waals surface area contributed by atoms with Crippen molar-refractivity contribution >= 4 is 29.9 Å². The monoisotopic (exact) mass is 487 g/mol. The molecule has 1 aromatic rings. The number of hydrogen-bond donors (Lipinski definition) is 2. The molecule has 0 fully saturated rings. The van der Waals surface area contributed by atoms with E-state index in [1.54, 1.807) is 26.3 Å². The lowest BCUT2D eigenvalue weighted by molar-refractivity contribution is -0.0512. The number of ether oxygens (including phenoxy) is 3. The molecule has 0 aliphatic rings. The molecule has 150 valence electrons. The molecule has 0 aliphatic heterocycles. The van der Waals surface area contributed by atoms with Gasteiger partial charge in [-0.3, -0.25) is 4.99 Å². The Morgan fingerprint density at radius 3 is 2.42 bits per heavy atom. The van der Waals surface area contributed by atoms with Crippen molar-refractivity contribution in [2.75, 3.05) is 34.4 Å². The van der Waals surface area contributed by atoms with Crippen LogP contribution in [0, 0.1) is 0 Å². The Morgan fingerprint density at radius 2 is 1.88 bits per heavy atom. The number of halogens is 3. The van der Waals surface area contributed by atoms with Crippen LogP contribution in [0.4, 0.5) is 8.78 Å². The molecular formula is C17H28F2IN3O3. The number of hydrogen-bond acceptors (Lipinski definition) is 4. The number of methoxy groups -OCH3 is 2. The Labute approximate surface area is 170 Å². The van der Waals surface area contributed by atoms with Crippen molar-refractivity contribution in [2.24, 2.45) is 4.99 Å². The van der Waals surface area contributed by atoms with Gasteiger partial charge in [0.15, 0.2) is 17.5 Å². The van der Waals surface area contributed by atoms with Gasteiger partial charge in [0.2, 0.25) is 0 Å². The zero-order chi connectivity index (χ0) is 18.9. The second-order valence-electron chi connectivity index (χ2n) is 5.93. The van der Waals surface area contributed by atoms with Crippen LogP contribution in [0.5, 0.6) is 11.5 Å². The molecule has 26 heavy (non-hydrogen) atoms. The van der Waals surface area contributed by atoms with Gasteiger partial charge in [0, 0.05) is 27.2 Å². The van der Waals surface area contributed by atoms with Crippen molar-refractivity contribution in [1.82, 2.24) is 10.6 Å². The van der Waals surface area contributed by atoms with E-state index in [1.165, 1.54) is 7.11 Å². The van der Waals surface area contributed by atoms with Gasteiger partial charge in [-0.05, 0) is 38.0 Å². The molecule has 0 bridgehead atoms. The van der Waals surface area contributed by atoms with Crippen LogP contribution >= 0.6 is 24.0 Å². The first-order valence-corrected chi connectivity index (χ1v) is 7.92. The summed E-state index contributed by atoms with van der Waals surface area (Å²) < 4.78 is 39.8. The van der Waals surface area contributed by atoms with Crippen molar-refractivity contribution in [3.05, 3.63) is 23.8 Å². The maximum atomic E-state index is 12.5. The van der Waals surface area contributed by atoms with Crippen LogP contribution in [0.25, 0.3) is 0 Å². The zero-order valence-electron chi connectivity index (χ0n) is 15.8. The van der Waals surface area contributed by atoms with Gasteiger partial charge in [-0.2, -0.15) is 8.78 Å². The standard InChI is InChI=1S/C17H27F2N3O3.HI/c1-17(2,24-5)11-22-16(20-3)21-9-8-12-6-7-13(23-4)14(10-12)25-15(18)19;/h6-7,10,15H,8-9,11H2,1-5H3,(H2,20,21,22);1H. The van der Waals surface area contributed by atoms with Crippen LogP contribution in [-0.2, 0) is 11.2 Å². The van der Waals surface area contributed by atoms with E-state index in [-0.39, 0.29) is 41.1 Å². The molecule has 0 saturated heterocycles. The van der Waals surface area contributed by atoms with Crippen LogP contribution in [0.15, 0.2) is 23.2 Å². The molecule has 1 rings (SSSR count). The second-order valence-corrected chi connectivity index (χ2v) is 5.93. The van der Waals surface area contributed by atoms with E-state index in [0.717, 1.165) is 5.56 Å². The average Bonchev–Trinajstić information content (AvgIpc) is 2.57. The van der Waals surface area contributed by atoms with E-state index >= 15 is 0 Å². The molecule has 2 N–H and O–H groups in total. The summed E-state index contributed by atoms with van der Waals surface area (Å²) in [7, 11) is 4.74. The van der Waals surface area contributed by atoms with E-state index in [1.807, 2.05) is 19.9 Å². The van der Waals surface area contributed by atoms with Crippen molar-refractivity contribution < 1.29 is 23.0 Å². The second kappa shape index (κ2) is 12.1. The minimum absolute atomic E-state index is 0. The first-order valence-electron chi connectivity index (χ1n) is 7.92. The fourth-order valence-electron chi connectivity index (χ4n) is 1.98. The summed E-state index contributed by atoms with van der Waals surface area (Å²) in [4.78, 5) is 4.14. The zero-order valence-corrected chi connectivity index (χ0v) is 18.1. The van der Waals surface area contributed by atoms with Crippen LogP contribution in [-0.4, -0.2) is 52.5 Å². The van der Waals surface area contributed by atoms with Gasteiger partial charge in [-0.25, -0.2) is 0 Å². The highest BCUT2D eigenvalue weighted by atomic mass is 127. The van der Waals surface area contributed by atoms with Gasteiger partial charge in [-0.1, -0.05) is 6.07 Å². The van der Waals surface area contributed by atoms with Crippen LogP contribution in [0.1, 0.15) is 19.4 Å². The first-order chi connectivity index (χ1) is 11.8. The highest BCUT2D eigenvalue weighted by Gasteiger charge is 2.16. The molecule has 0 atom stereocenters. The summed E-state index contributed by atoms with van der Waals surface area (Å²) in [5.74, 6) is 0.943. The third-order valence-electron chi connectivity index (χ3n) is 3.61. The van der Waals surface area contributed by atoms with Crippen LogP contribution in [0.3, 0.4) is 0 Å². The summed E-state index contributed by atoms with van der Waals surface area (Å²) in [6.07, 6.45) is 0.609. The minimum Gasteiger partial charge on any atom is -0.493 e. The first kappa shape index (κ1) is 24.6. The minimum atomic E-state index is -2.89. The smallest absolute Gasteiger partial charge is 0.387 e. The summed E-state index contributed by atoms with van der Waals surface area (Å²) in [6, 6.07) is 4.97. The molecule has 0 aromatic heterocycles. The molecule has 0 amide bonds. The van der Waals surface area contributed by atoms with Crippen LogP contribution < -0.4 is 20.1 Å².